The Balaban J connectivity index is 2.09. The summed E-state index contributed by atoms with van der Waals surface area (Å²) >= 11 is 3.36. The quantitative estimate of drug-likeness (QED) is 0.876. The Morgan fingerprint density at radius 1 is 1.40 bits per heavy atom. The van der Waals surface area contributed by atoms with Gasteiger partial charge in [-0.3, -0.25) is 4.98 Å². The number of hydrogen-bond acceptors (Lipinski definition) is 4. The van der Waals surface area contributed by atoms with Crippen LogP contribution in [0.15, 0.2) is 29.1 Å². The van der Waals surface area contributed by atoms with E-state index in [1.165, 1.54) is 0 Å². The van der Waals surface area contributed by atoms with Gasteiger partial charge in [-0.15, -0.1) is 0 Å². The molecule has 15 heavy (non-hydrogen) atoms. The third-order valence-electron chi connectivity index (χ3n) is 2.03. The summed E-state index contributed by atoms with van der Waals surface area (Å²) in [6, 6.07) is 1.84. The Morgan fingerprint density at radius 3 is 2.93 bits per heavy atom. The molecule has 2 aromatic rings. The maximum absolute atomic E-state index is 5.96. The highest BCUT2D eigenvalue weighted by molar-refractivity contribution is 9.10. The number of hydrogen-bond donors (Lipinski definition) is 2. The van der Waals surface area contributed by atoms with Crippen molar-refractivity contribution < 1.29 is 0 Å². The first-order valence-electron chi connectivity index (χ1n) is 4.46. The Hall–Kier alpha value is -1.27. The molecule has 0 aromatic carbocycles. The van der Waals surface area contributed by atoms with Gasteiger partial charge in [0.25, 0.3) is 0 Å². The molecule has 0 saturated carbocycles. The molecule has 0 amide bonds. The van der Waals surface area contributed by atoms with Crippen LogP contribution in [0.2, 0.25) is 0 Å². The van der Waals surface area contributed by atoms with Crippen molar-refractivity contribution in [3.05, 3.63) is 40.4 Å². The van der Waals surface area contributed by atoms with Gasteiger partial charge in [0.05, 0.1) is 17.9 Å². The van der Waals surface area contributed by atoms with E-state index in [4.69, 9.17) is 5.73 Å². The largest absolute Gasteiger partial charge is 0.322 e. The lowest BCUT2D eigenvalue weighted by atomic mass is 10.1. The van der Waals surface area contributed by atoms with E-state index in [2.05, 4.69) is 36.3 Å². The van der Waals surface area contributed by atoms with Gasteiger partial charge in [-0.2, -0.15) is 15.4 Å². The maximum atomic E-state index is 5.96. The second-order valence-corrected chi connectivity index (χ2v) is 4.13. The zero-order valence-electron chi connectivity index (χ0n) is 7.89. The van der Waals surface area contributed by atoms with E-state index in [-0.39, 0.29) is 6.04 Å². The highest BCUT2D eigenvalue weighted by Gasteiger charge is 2.09. The molecule has 0 aliphatic carbocycles. The Bertz CT molecular complexity index is 428. The minimum Gasteiger partial charge on any atom is -0.322 e. The summed E-state index contributed by atoms with van der Waals surface area (Å²) in [4.78, 5) is 4.07. The first-order chi connectivity index (χ1) is 7.25. The summed E-state index contributed by atoms with van der Waals surface area (Å²) in [5.41, 5.74) is 7.78. The van der Waals surface area contributed by atoms with E-state index in [9.17, 15) is 0 Å². The normalized spacial score (nSPS) is 12.7. The van der Waals surface area contributed by atoms with Gasteiger partial charge < -0.3 is 5.73 Å². The molecule has 0 bridgehead atoms. The van der Waals surface area contributed by atoms with Crippen LogP contribution in [0.3, 0.4) is 0 Å². The van der Waals surface area contributed by atoms with Crippen LogP contribution in [0.5, 0.6) is 0 Å². The minimum atomic E-state index is -0.153. The number of H-pyrrole nitrogens is 1. The van der Waals surface area contributed by atoms with Crippen LogP contribution < -0.4 is 5.73 Å². The molecule has 0 aliphatic heterocycles. The van der Waals surface area contributed by atoms with Crippen molar-refractivity contribution in [2.24, 2.45) is 5.73 Å². The summed E-state index contributed by atoms with van der Waals surface area (Å²) in [5, 5.41) is 10.2. The number of nitrogens with two attached hydrogens (primary N) is 1. The molecule has 1 unspecified atom stereocenters. The molecule has 3 N–H and O–H groups in total. The van der Waals surface area contributed by atoms with Gasteiger partial charge in [-0.25, -0.2) is 0 Å². The van der Waals surface area contributed by atoms with Crippen LogP contribution in [-0.2, 0) is 6.42 Å². The summed E-state index contributed by atoms with van der Waals surface area (Å²) in [6.07, 6.45) is 5.87. The van der Waals surface area contributed by atoms with Crippen molar-refractivity contribution in [2.75, 3.05) is 0 Å². The molecule has 0 spiro atoms. The van der Waals surface area contributed by atoms with E-state index < -0.39 is 0 Å². The van der Waals surface area contributed by atoms with Crippen molar-refractivity contribution in [3.63, 3.8) is 0 Å². The van der Waals surface area contributed by atoms with Gasteiger partial charge in [-0.1, -0.05) is 0 Å². The van der Waals surface area contributed by atoms with Gasteiger partial charge >= 0.3 is 0 Å². The summed E-state index contributed by atoms with van der Waals surface area (Å²) in [7, 11) is 0. The number of rotatable bonds is 3. The van der Waals surface area contributed by atoms with E-state index in [1.54, 1.807) is 18.6 Å². The molecule has 0 radical (unpaired) electrons. The number of nitrogens with one attached hydrogen (secondary N) is 1. The van der Waals surface area contributed by atoms with E-state index >= 15 is 0 Å². The smallest absolute Gasteiger partial charge is 0.0995 e. The van der Waals surface area contributed by atoms with Gasteiger partial charge in [0.2, 0.25) is 0 Å². The predicted octanol–water partition coefficient (Wildman–Crippen LogP) is 1.20. The highest BCUT2D eigenvalue weighted by Crippen LogP contribution is 2.15. The fourth-order valence-electron chi connectivity index (χ4n) is 1.32. The fraction of sp³-hybridized carbons (Fsp3) is 0.222. The van der Waals surface area contributed by atoms with Crippen molar-refractivity contribution in [1.29, 1.82) is 0 Å². The van der Waals surface area contributed by atoms with Crippen molar-refractivity contribution in [1.82, 2.24) is 20.4 Å². The lowest BCUT2D eigenvalue weighted by Gasteiger charge is -2.07. The zero-order chi connectivity index (χ0) is 10.7. The monoisotopic (exact) mass is 267 g/mol. The number of nitrogens with zero attached hydrogens (tertiary/aromatic N) is 3. The Morgan fingerprint density at radius 2 is 2.27 bits per heavy atom. The Kier molecular flexibility index (Phi) is 3.08. The van der Waals surface area contributed by atoms with Crippen molar-refractivity contribution >= 4 is 15.9 Å². The molecule has 78 valence electrons. The predicted molar refractivity (Wildman–Crippen MR) is 59.0 cm³/mol. The fourth-order valence-corrected chi connectivity index (χ4v) is 1.73. The highest BCUT2D eigenvalue weighted by atomic mass is 79.9. The van der Waals surface area contributed by atoms with Crippen LogP contribution in [0.1, 0.15) is 17.3 Å². The third-order valence-corrected chi connectivity index (χ3v) is 2.46. The average Bonchev–Trinajstić information content (AvgIpc) is 2.70. The number of pyridine rings is 1. The molecule has 0 aliphatic rings. The van der Waals surface area contributed by atoms with E-state index in [1.807, 2.05) is 6.07 Å². The summed E-state index contributed by atoms with van der Waals surface area (Å²) in [5.74, 6) is 0. The molecule has 5 nitrogen and oxygen atoms in total. The number of aromatic amines is 1. The molecule has 0 saturated heterocycles. The van der Waals surface area contributed by atoms with Crippen LogP contribution in [0.4, 0.5) is 0 Å². The SMILES string of the molecule is NC(Cc1cncc(Br)c1)c1cn[nH]n1. The summed E-state index contributed by atoms with van der Waals surface area (Å²) in [6.45, 7) is 0. The van der Waals surface area contributed by atoms with Crippen LogP contribution in [0.25, 0.3) is 0 Å². The Labute approximate surface area is 95.2 Å². The first-order valence-corrected chi connectivity index (χ1v) is 5.25. The molecule has 0 fully saturated rings. The maximum Gasteiger partial charge on any atom is 0.0995 e. The van der Waals surface area contributed by atoms with Crippen LogP contribution >= 0.6 is 15.9 Å². The second-order valence-electron chi connectivity index (χ2n) is 3.22. The molecule has 6 heteroatoms. The minimum absolute atomic E-state index is 0.153. The number of aromatic nitrogens is 4. The zero-order valence-corrected chi connectivity index (χ0v) is 9.48. The molecule has 2 heterocycles. The summed E-state index contributed by atoms with van der Waals surface area (Å²) < 4.78 is 0.951. The number of halogens is 1. The van der Waals surface area contributed by atoms with Crippen molar-refractivity contribution in [3.8, 4) is 0 Å². The topological polar surface area (TPSA) is 80.5 Å². The third kappa shape index (κ3) is 2.60. The van der Waals surface area contributed by atoms with Gasteiger partial charge in [0.1, 0.15) is 0 Å². The second kappa shape index (κ2) is 4.50. The standard InChI is InChI=1S/C9H10BrN5/c10-7-1-6(3-12-4-7)2-8(11)9-5-13-15-14-9/h1,3-5,8H,2,11H2,(H,13,14,15). The molecular weight excluding hydrogens is 258 g/mol. The van der Waals surface area contributed by atoms with Gasteiger partial charge in [-0.05, 0) is 34.0 Å². The lowest BCUT2D eigenvalue weighted by molar-refractivity contribution is 0.689. The first kappa shape index (κ1) is 10.3. The van der Waals surface area contributed by atoms with Crippen LogP contribution in [0, 0.1) is 0 Å². The molecule has 1 atom stereocenters. The van der Waals surface area contributed by atoms with Gasteiger partial charge in [0.15, 0.2) is 0 Å². The molecular formula is C9H10BrN5. The average molecular weight is 268 g/mol. The molecule has 2 aromatic heterocycles. The lowest BCUT2D eigenvalue weighted by Crippen LogP contribution is -2.13. The molecule has 2 rings (SSSR count). The van der Waals surface area contributed by atoms with Crippen molar-refractivity contribution in [2.45, 2.75) is 12.5 Å². The van der Waals surface area contributed by atoms with Gasteiger partial charge in [0, 0.05) is 16.9 Å². The van der Waals surface area contributed by atoms with E-state index in [0.717, 1.165) is 15.7 Å². The van der Waals surface area contributed by atoms with Crippen LogP contribution in [-0.4, -0.2) is 20.4 Å². The van der Waals surface area contributed by atoms with E-state index in [0.29, 0.717) is 6.42 Å².